The van der Waals surface area contributed by atoms with Crippen molar-refractivity contribution in [3.8, 4) is 0 Å². The Labute approximate surface area is 153 Å². The molecule has 2 aromatic carbocycles. The van der Waals surface area contributed by atoms with E-state index in [2.05, 4.69) is 29.4 Å². The van der Waals surface area contributed by atoms with Crippen LogP contribution in [0.25, 0.3) is 0 Å². The van der Waals surface area contributed by atoms with E-state index in [0.29, 0.717) is 6.54 Å². The van der Waals surface area contributed by atoms with Gasteiger partial charge in [-0.05, 0) is 55.3 Å². The Kier molecular flexibility index (Phi) is 4.64. The molecule has 2 heterocycles. The number of hydrogen-bond donors (Lipinski definition) is 1. The molecular formula is C21H24FN3O. The number of nitrogens with one attached hydrogen (secondary N) is 1. The SMILES string of the molecule is CN1CC[C@@H](NC(=O)N2CCc3ccccc3[C@@H]2c2ccc(F)cc2)C1. The number of halogens is 1. The van der Waals surface area contributed by atoms with Gasteiger partial charge >= 0.3 is 6.03 Å². The highest BCUT2D eigenvalue weighted by atomic mass is 19.1. The highest BCUT2D eigenvalue weighted by Gasteiger charge is 2.33. The van der Waals surface area contributed by atoms with Crippen LogP contribution in [0.1, 0.15) is 29.2 Å². The third-order valence-electron chi connectivity index (χ3n) is 5.45. The average Bonchev–Trinajstić information content (AvgIpc) is 3.06. The highest BCUT2D eigenvalue weighted by molar-refractivity contribution is 5.76. The van der Waals surface area contributed by atoms with Gasteiger partial charge in [0.25, 0.3) is 0 Å². The van der Waals surface area contributed by atoms with Crippen molar-refractivity contribution >= 4 is 6.03 Å². The number of benzene rings is 2. The van der Waals surface area contributed by atoms with Crippen LogP contribution in [-0.4, -0.2) is 48.6 Å². The van der Waals surface area contributed by atoms with Crippen molar-refractivity contribution in [1.82, 2.24) is 15.1 Å². The second kappa shape index (κ2) is 7.08. The lowest BCUT2D eigenvalue weighted by Crippen LogP contribution is -2.49. The summed E-state index contributed by atoms with van der Waals surface area (Å²) in [6.45, 7) is 2.56. The van der Waals surface area contributed by atoms with E-state index in [-0.39, 0.29) is 23.9 Å². The number of carbonyl (C=O) groups is 1. The van der Waals surface area contributed by atoms with Crippen molar-refractivity contribution in [1.29, 1.82) is 0 Å². The van der Waals surface area contributed by atoms with E-state index >= 15 is 0 Å². The molecule has 4 nitrogen and oxygen atoms in total. The molecule has 0 aliphatic carbocycles. The van der Waals surface area contributed by atoms with Crippen molar-refractivity contribution < 1.29 is 9.18 Å². The first-order valence-electron chi connectivity index (χ1n) is 9.21. The Balaban J connectivity index is 1.64. The zero-order valence-electron chi connectivity index (χ0n) is 15.0. The first kappa shape index (κ1) is 17.0. The number of nitrogens with zero attached hydrogens (tertiary/aromatic N) is 2. The van der Waals surface area contributed by atoms with Crippen molar-refractivity contribution in [2.45, 2.75) is 24.9 Å². The Morgan fingerprint density at radius 3 is 2.62 bits per heavy atom. The molecule has 2 aliphatic rings. The zero-order valence-corrected chi connectivity index (χ0v) is 15.0. The predicted octanol–water partition coefficient (Wildman–Crippen LogP) is 3.19. The third kappa shape index (κ3) is 3.31. The van der Waals surface area contributed by atoms with Gasteiger partial charge in [0, 0.05) is 19.1 Å². The van der Waals surface area contributed by atoms with Gasteiger partial charge in [-0.25, -0.2) is 9.18 Å². The average molecular weight is 353 g/mol. The van der Waals surface area contributed by atoms with Gasteiger partial charge in [0.05, 0.1) is 6.04 Å². The van der Waals surface area contributed by atoms with E-state index in [0.717, 1.165) is 37.1 Å². The minimum absolute atomic E-state index is 0.0332. The van der Waals surface area contributed by atoms with Crippen LogP contribution in [0.3, 0.4) is 0 Å². The van der Waals surface area contributed by atoms with Gasteiger partial charge in [-0.15, -0.1) is 0 Å². The van der Waals surface area contributed by atoms with Gasteiger partial charge in [0.2, 0.25) is 0 Å². The Morgan fingerprint density at radius 2 is 1.88 bits per heavy atom. The van der Waals surface area contributed by atoms with Crippen LogP contribution in [0.2, 0.25) is 0 Å². The molecular weight excluding hydrogens is 329 g/mol. The molecule has 1 N–H and O–H groups in total. The van der Waals surface area contributed by atoms with Gasteiger partial charge in [0.1, 0.15) is 5.82 Å². The fourth-order valence-electron chi connectivity index (χ4n) is 4.10. The van der Waals surface area contributed by atoms with Gasteiger partial charge in [-0.3, -0.25) is 0 Å². The largest absolute Gasteiger partial charge is 0.334 e. The summed E-state index contributed by atoms with van der Waals surface area (Å²) >= 11 is 0. The number of likely N-dealkylation sites (tertiary alicyclic amines) is 1. The van der Waals surface area contributed by atoms with E-state index in [4.69, 9.17) is 0 Å². The summed E-state index contributed by atoms with van der Waals surface area (Å²) in [6.07, 6.45) is 1.82. The zero-order chi connectivity index (χ0) is 18.1. The fourth-order valence-corrected chi connectivity index (χ4v) is 4.10. The van der Waals surface area contributed by atoms with E-state index in [1.807, 2.05) is 17.0 Å². The number of rotatable bonds is 2. The Bertz CT molecular complexity index is 792. The second-order valence-corrected chi connectivity index (χ2v) is 7.29. The molecule has 0 radical (unpaired) electrons. The maximum absolute atomic E-state index is 13.4. The summed E-state index contributed by atoms with van der Waals surface area (Å²) in [4.78, 5) is 17.2. The van der Waals surface area contributed by atoms with Crippen molar-refractivity contribution in [2.75, 3.05) is 26.7 Å². The van der Waals surface area contributed by atoms with Gasteiger partial charge in [0.15, 0.2) is 0 Å². The standard InChI is InChI=1S/C21H24FN3O/c1-24-12-11-18(14-24)23-21(26)25-13-10-15-4-2-3-5-19(15)20(25)16-6-8-17(22)9-7-16/h2-9,18,20H,10-14H2,1H3,(H,23,26)/t18-,20+/m1/s1. The molecule has 0 bridgehead atoms. The lowest BCUT2D eigenvalue weighted by Gasteiger charge is -2.38. The number of likely N-dealkylation sites (N-methyl/N-ethyl adjacent to an activating group) is 1. The molecule has 136 valence electrons. The van der Waals surface area contributed by atoms with Gasteiger partial charge in [-0.2, -0.15) is 0 Å². The molecule has 1 fully saturated rings. The number of fused-ring (bicyclic) bond motifs is 1. The summed E-state index contributed by atoms with van der Waals surface area (Å²) in [6, 6.07) is 14.7. The van der Waals surface area contributed by atoms with Crippen molar-refractivity contribution in [3.63, 3.8) is 0 Å². The van der Waals surface area contributed by atoms with Crippen LogP contribution in [-0.2, 0) is 6.42 Å². The van der Waals surface area contributed by atoms with Crippen LogP contribution < -0.4 is 5.32 Å². The molecule has 2 atom stereocenters. The Hall–Kier alpha value is -2.40. The van der Waals surface area contributed by atoms with E-state index < -0.39 is 0 Å². The minimum atomic E-state index is -0.261. The lowest BCUT2D eigenvalue weighted by molar-refractivity contribution is 0.176. The van der Waals surface area contributed by atoms with Gasteiger partial charge < -0.3 is 15.1 Å². The summed E-state index contributed by atoms with van der Waals surface area (Å²) in [5.41, 5.74) is 3.33. The third-order valence-corrected chi connectivity index (χ3v) is 5.45. The van der Waals surface area contributed by atoms with Crippen LogP contribution in [0.4, 0.5) is 9.18 Å². The first-order valence-corrected chi connectivity index (χ1v) is 9.21. The minimum Gasteiger partial charge on any atom is -0.334 e. The predicted molar refractivity (Wildman–Crippen MR) is 99.5 cm³/mol. The van der Waals surface area contributed by atoms with Crippen molar-refractivity contribution in [3.05, 3.63) is 71.0 Å². The van der Waals surface area contributed by atoms with Crippen LogP contribution in [0.15, 0.2) is 48.5 Å². The molecule has 5 heteroatoms. The monoisotopic (exact) mass is 353 g/mol. The summed E-state index contributed by atoms with van der Waals surface area (Å²) < 4.78 is 13.4. The van der Waals surface area contributed by atoms with E-state index in [1.165, 1.54) is 17.7 Å². The molecule has 26 heavy (non-hydrogen) atoms. The molecule has 2 aromatic rings. The van der Waals surface area contributed by atoms with Crippen LogP contribution in [0, 0.1) is 5.82 Å². The van der Waals surface area contributed by atoms with Crippen LogP contribution >= 0.6 is 0 Å². The molecule has 0 aromatic heterocycles. The summed E-state index contributed by atoms with van der Waals surface area (Å²) in [7, 11) is 2.07. The topological polar surface area (TPSA) is 35.6 Å². The normalized spacial score (nSPS) is 22.9. The molecule has 0 unspecified atom stereocenters. The number of hydrogen-bond acceptors (Lipinski definition) is 2. The molecule has 0 saturated carbocycles. The highest BCUT2D eigenvalue weighted by Crippen LogP contribution is 2.35. The fraction of sp³-hybridized carbons (Fsp3) is 0.381. The lowest BCUT2D eigenvalue weighted by atomic mass is 9.88. The van der Waals surface area contributed by atoms with E-state index in [1.54, 1.807) is 12.1 Å². The number of urea groups is 1. The van der Waals surface area contributed by atoms with E-state index in [9.17, 15) is 9.18 Å². The molecule has 2 aliphatic heterocycles. The number of amides is 2. The van der Waals surface area contributed by atoms with Crippen LogP contribution in [0.5, 0.6) is 0 Å². The molecule has 1 saturated heterocycles. The molecule has 0 spiro atoms. The first-order chi connectivity index (χ1) is 12.6. The molecule has 2 amide bonds. The number of carbonyl (C=O) groups excluding carboxylic acids is 1. The summed E-state index contributed by atoms with van der Waals surface area (Å²) in [5, 5.41) is 3.19. The smallest absolute Gasteiger partial charge is 0.318 e. The van der Waals surface area contributed by atoms with Crippen molar-refractivity contribution in [2.24, 2.45) is 0 Å². The maximum Gasteiger partial charge on any atom is 0.318 e. The quantitative estimate of drug-likeness (QED) is 0.900. The second-order valence-electron chi connectivity index (χ2n) is 7.29. The molecule has 4 rings (SSSR count). The maximum atomic E-state index is 13.4. The Morgan fingerprint density at radius 1 is 1.12 bits per heavy atom. The summed E-state index contributed by atoms with van der Waals surface area (Å²) in [5.74, 6) is -0.261. The van der Waals surface area contributed by atoms with Gasteiger partial charge in [-0.1, -0.05) is 36.4 Å².